The molecule has 1 aliphatic rings. The lowest BCUT2D eigenvalue weighted by atomic mass is 9.98. The number of piperidine rings is 1. The van der Waals surface area contributed by atoms with Gasteiger partial charge in [-0.2, -0.15) is 0 Å². The number of rotatable bonds is 4. The van der Waals surface area contributed by atoms with Gasteiger partial charge >= 0.3 is 0 Å². The first-order chi connectivity index (χ1) is 8.66. The van der Waals surface area contributed by atoms with Gasteiger partial charge in [-0.1, -0.05) is 25.1 Å². The Balaban J connectivity index is 1.81. The van der Waals surface area contributed by atoms with Crippen LogP contribution in [0.4, 0.5) is 4.39 Å². The zero-order valence-corrected chi connectivity index (χ0v) is 11.1. The van der Waals surface area contributed by atoms with Gasteiger partial charge in [0.1, 0.15) is 5.82 Å². The largest absolute Gasteiger partial charge is 0.324 e. The van der Waals surface area contributed by atoms with E-state index in [2.05, 4.69) is 11.8 Å². The van der Waals surface area contributed by atoms with Crippen molar-refractivity contribution < 1.29 is 4.39 Å². The van der Waals surface area contributed by atoms with Crippen molar-refractivity contribution in [3.05, 3.63) is 35.6 Å². The van der Waals surface area contributed by atoms with Crippen LogP contribution in [0.5, 0.6) is 0 Å². The topological polar surface area (TPSA) is 29.3 Å². The molecule has 1 fully saturated rings. The molecule has 1 unspecified atom stereocenters. The summed E-state index contributed by atoms with van der Waals surface area (Å²) in [7, 11) is 0. The van der Waals surface area contributed by atoms with Crippen LogP contribution in [-0.2, 0) is 0 Å². The summed E-state index contributed by atoms with van der Waals surface area (Å²) in [6, 6.07) is 6.64. The molecule has 0 bridgehead atoms. The van der Waals surface area contributed by atoms with Crippen molar-refractivity contribution >= 4 is 0 Å². The minimum absolute atomic E-state index is 0.183. The molecule has 1 heterocycles. The van der Waals surface area contributed by atoms with Gasteiger partial charge in [0.2, 0.25) is 0 Å². The van der Waals surface area contributed by atoms with Crippen LogP contribution < -0.4 is 5.73 Å². The molecule has 2 rings (SSSR count). The van der Waals surface area contributed by atoms with Gasteiger partial charge in [-0.05, 0) is 50.9 Å². The summed E-state index contributed by atoms with van der Waals surface area (Å²) in [5.74, 6) is 0.666. The highest BCUT2D eigenvalue weighted by molar-refractivity contribution is 5.20. The number of halogens is 1. The van der Waals surface area contributed by atoms with E-state index in [0.29, 0.717) is 5.56 Å². The zero-order valence-electron chi connectivity index (χ0n) is 11.1. The molecule has 0 saturated carbocycles. The van der Waals surface area contributed by atoms with Crippen molar-refractivity contribution in [2.75, 3.05) is 19.6 Å². The highest BCUT2D eigenvalue weighted by Crippen LogP contribution is 2.20. The third-order valence-electron chi connectivity index (χ3n) is 3.94. The van der Waals surface area contributed by atoms with Crippen molar-refractivity contribution in [3.8, 4) is 0 Å². The van der Waals surface area contributed by atoms with Crippen LogP contribution >= 0.6 is 0 Å². The standard InChI is InChI=1S/C15H23FN2/c1-12-6-9-18(10-7-12)11-8-15(17)13-4-2-3-5-14(13)16/h2-5,12,15H,6-11,17H2,1H3. The molecule has 0 aliphatic carbocycles. The van der Waals surface area contributed by atoms with E-state index in [1.165, 1.54) is 18.9 Å². The fraction of sp³-hybridized carbons (Fsp3) is 0.600. The van der Waals surface area contributed by atoms with E-state index >= 15 is 0 Å². The monoisotopic (exact) mass is 250 g/mol. The van der Waals surface area contributed by atoms with Crippen LogP contribution in [0.1, 0.15) is 37.8 Å². The van der Waals surface area contributed by atoms with Gasteiger partial charge in [0.15, 0.2) is 0 Å². The number of nitrogens with zero attached hydrogens (tertiary/aromatic N) is 1. The lowest BCUT2D eigenvalue weighted by molar-refractivity contribution is 0.187. The molecule has 18 heavy (non-hydrogen) atoms. The van der Waals surface area contributed by atoms with Crippen molar-refractivity contribution in [1.82, 2.24) is 4.90 Å². The molecule has 2 nitrogen and oxygen atoms in total. The fourth-order valence-corrected chi connectivity index (χ4v) is 2.54. The van der Waals surface area contributed by atoms with E-state index in [4.69, 9.17) is 5.73 Å². The zero-order chi connectivity index (χ0) is 13.0. The molecule has 1 aliphatic heterocycles. The van der Waals surface area contributed by atoms with E-state index in [1.807, 2.05) is 6.07 Å². The van der Waals surface area contributed by atoms with Gasteiger partial charge in [-0.25, -0.2) is 4.39 Å². The third-order valence-corrected chi connectivity index (χ3v) is 3.94. The maximum atomic E-state index is 13.6. The van der Waals surface area contributed by atoms with E-state index in [9.17, 15) is 4.39 Å². The Hall–Kier alpha value is -0.930. The first kappa shape index (κ1) is 13.5. The number of hydrogen-bond acceptors (Lipinski definition) is 2. The maximum absolute atomic E-state index is 13.6. The lowest BCUT2D eigenvalue weighted by Crippen LogP contribution is -2.34. The van der Waals surface area contributed by atoms with E-state index in [0.717, 1.165) is 32.0 Å². The van der Waals surface area contributed by atoms with Crippen molar-refractivity contribution in [1.29, 1.82) is 0 Å². The highest BCUT2D eigenvalue weighted by atomic mass is 19.1. The van der Waals surface area contributed by atoms with Gasteiger partial charge in [0.25, 0.3) is 0 Å². The Morgan fingerprint density at radius 3 is 2.67 bits per heavy atom. The van der Waals surface area contributed by atoms with E-state index < -0.39 is 0 Å². The quantitative estimate of drug-likeness (QED) is 0.890. The van der Waals surface area contributed by atoms with E-state index in [1.54, 1.807) is 12.1 Å². The minimum Gasteiger partial charge on any atom is -0.324 e. The molecular weight excluding hydrogens is 227 g/mol. The smallest absolute Gasteiger partial charge is 0.127 e. The van der Waals surface area contributed by atoms with Crippen LogP contribution in [-0.4, -0.2) is 24.5 Å². The predicted molar refractivity (Wildman–Crippen MR) is 72.8 cm³/mol. The Morgan fingerprint density at radius 2 is 2.00 bits per heavy atom. The number of likely N-dealkylation sites (tertiary alicyclic amines) is 1. The number of benzene rings is 1. The number of nitrogens with two attached hydrogens (primary N) is 1. The van der Waals surface area contributed by atoms with Crippen LogP contribution in [0.3, 0.4) is 0 Å². The van der Waals surface area contributed by atoms with Crippen LogP contribution in [0.2, 0.25) is 0 Å². The minimum atomic E-state index is -0.189. The maximum Gasteiger partial charge on any atom is 0.127 e. The Labute approximate surface area is 109 Å². The molecule has 3 heteroatoms. The molecule has 0 amide bonds. The second-order valence-electron chi connectivity index (χ2n) is 5.44. The van der Waals surface area contributed by atoms with Gasteiger partial charge in [0, 0.05) is 11.6 Å². The van der Waals surface area contributed by atoms with Gasteiger partial charge in [0.05, 0.1) is 0 Å². The molecule has 1 saturated heterocycles. The van der Waals surface area contributed by atoms with Crippen molar-refractivity contribution in [2.24, 2.45) is 11.7 Å². The van der Waals surface area contributed by atoms with Crippen molar-refractivity contribution in [2.45, 2.75) is 32.2 Å². The predicted octanol–water partition coefficient (Wildman–Crippen LogP) is 2.95. The molecule has 0 aromatic heterocycles. The summed E-state index contributed by atoms with van der Waals surface area (Å²) in [6.45, 7) is 5.60. The highest BCUT2D eigenvalue weighted by Gasteiger charge is 2.17. The summed E-state index contributed by atoms with van der Waals surface area (Å²) >= 11 is 0. The first-order valence-electron chi connectivity index (χ1n) is 6.89. The second-order valence-corrected chi connectivity index (χ2v) is 5.44. The summed E-state index contributed by atoms with van der Waals surface area (Å²) in [5.41, 5.74) is 6.72. The lowest BCUT2D eigenvalue weighted by Gasteiger charge is -2.30. The SMILES string of the molecule is CC1CCN(CCC(N)c2ccccc2F)CC1. The molecule has 100 valence electrons. The first-order valence-corrected chi connectivity index (χ1v) is 6.89. The fourth-order valence-electron chi connectivity index (χ4n) is 2.54. The normalized spacial score (nSPS) is 19.9. The van der Waals surface area contributed by atoms with Crippen LogP contribution in [0.15, 0.2) is 24.3 Å². The summed E-state index contributed by atoms with van der Waals surface area (Å²) in [5, 5.41) is 0. The molecule has 1 aromatic carbocycles. The summed E-state index contributed by atoms with van der Waals surface area (Å²) < 4.78 is 13.6. The Bertz CT molecular complexity index is 373. The van der Waals surface area contributed by atoms with Gasteiger partial charge in [-0.3, -0.25) is 0 Å². The van der Waals surface area contributed by atoms with E-state index in [-0.39, 0.29) is 11.9 Å². The molecule has 1 aromatic rings. The average molecular weight is 250 g/mol. The third kappa shape index (κ3) is 3.53. The molecule has 1 atom stereocenters. The summed E-state index contributed by atoms with van der Waals surface area (Å²) in [6.07, 6.45) is 3.37. The molecule has 2 N–H and O–H groups in total. The van der Waals surface area contributed by atoms with Crippen molar-refractivity contribution in [3.63, 3.8) is 0 Å². The Kier molecular flexibility index (Phi) is 4.72. The van der Waals surface area contributed by atoms with Crippen LogP contribution in [0, 0.1) is 11.7 Å². The molecule has 0 radical (unpaired) electrons. The molecule has 0 spiro atoms. The molecular formula is C15H23FN2. The average Bonchev–Trinajstić information content (AvgIpc) is 2.38. The van der Waals surface area contributed by atoms with Crippen LogP contribution in [0.25, 0.3) is 0 Å². The Morgan fingerprint density at radius 1 is 1.33 bits per heavy atom. The second kappa shape index (κ2) is 6.30. The van der Waals surface area contributed by atoms with Gasteiger partial charge < -0.3 is 10.6 Å². The summed E-state index contributed by atoms with van der Waals surface area (Å²) in [4.78, 5) is 2.45. The number of hydrogen-bond donors (Lipinski definition) is 1. The van der Waals surface area contributed by atoms with Gasteiger partial charge in [-0.15, -0.1) is 0 Å².